The quantitative estimate of drug-likeness (QED) is 0.393. The van der Waals surface area contributed by atoms with E-state index in [4.69, 9.17) is 8.62 Å². The van der Waals surface area contributed by atoms with Gasteiger partial charge in [0.2, 0.25) is 0 Å². The molecule has 0 heterocycles. The van der Waals surface area contributed by atoms with Gasteiger partial charge in [0.25, 0.3) is 0 Å². The van der Waals surface area contributed by atoms with E-state index in [9.17, 15) is 4.57 Å². The van der Waals surface area contributed by atoms with Crippen LogP contribution in [0.3, 0.4) is 0 Å². The number of hydrogen-bond donors (Lipinski definition) is 0. The van der Waals surface area contributed by atoms with Crippen molar-refractivity contribution in [3.05, 3.63) is 35.9 Å². The Kier molecular flexibility index (Phi) is 7.16. The van der Waals surface area contributed by atoms with Crippen LogP contribution in [0.15, 0.2) is 30.3 Å². The second-order valence-electron chi connectivity index (χ2n) is 8.95. The van der Waals surface area contributed by atoms with Crippen molar-refractivity contribution < 1.29 is 13.2 Å². The van der Waals surface area contributed by atoms with Crippen LogP contribution in [0.25, 0.3) is 0 Å². The first-order chi connectivity index (χ1) is 11.3. The second kappa shape index (κ2) is 7.69. The number of benzene rings is 1. The zero-order valence-corrected chi connectivity index (χ0v) is 20.2. The maximum atomic E-state index is 14.1. The van der Waals surface area contributed by atoms with Crippen molar-refractivity contribution in [2.45, 2.75) is 33.9 Å². The summed E-state index contributed by atoms with van der Waals surface area (Å²) in [5.74, 6) is 0. The SMILES string of the molecule is CCP(CC)(CC)(CC)OP(=O)(Cc1ccccc1)OP(C)(C)(C)C. The zero-order valence-electron chi connectivity index (χ0n) is 17.5. The third-order valence-corrected chi connectivity index (χ3v) is 18.8. The summed E-state index contributed by atoms with van der Waals surface area (Å²) in [6.07, 6.45) is 4.16. The van der Waals surface area contributed by atoms with Crippen molar-refractivity contribution in [2.75, 3.05) is 51.3 Å². The Morgan fingerprint density at radius 2 is 1.24 bits per heavy atom. The summed E-state index contributed by atoms with van der Waals surface area (Å²) in [6, 6.07) is 9.96. The fourth-order valence-corrected chi connectivity index (χ4v) is 16.1. The fraction of sp³-hybridized carbons (Fsp3) is 0.684. The molecule has 0 aliphatic rings. The molecule has 0 saturated heterocycles. The molecule has 3 nitrogen and oxygen atoms in total. The summed E-state index contributed by atoms with van der Waals surface area (Å²) >= 11 is 0. The van der Waals surface area contributed by atoms with Gasteiger partial charge in [0.1, 0.15) is 0 Å². The molecule has 0 bridgehead atoms. The van der Waals surface area contributed by atoms with E-state index in [-0.39, 0.29) is 0 Å². The van der Waals surface area contributed by atoms with E-state index in [1.165, 1.54) is 0 Å². The third-order valence-electron chi connectivity index (χ3n) is 5.23. The first-order valence-electron chi connectivity index (χ1n) is 9.38. The van der Waals surface area contributed by atoms with Crippen LogP contribution < -0.4 is 0 Å². The summed E-state index contributed by atoms with van der Waals surface area (Å²) in [6.45, 7) is 12.2. The van der Waals surface area contributed by atoms with Gasteiger partial charge in [0.15, 0.2) is 0 Å². The van der Waals surface area contributed by atoms with E-state index >= 15 is 0 Å². The Hall–Kier alpha value is 0.230. The van der Waals surface area contributed by atoms with Crippen LogP contribution >= 0.6 is 21.3 Å². The topological polar surface area (TPSA) is 35.5 Å². The fourth-order valence-electron chi connectivity index (χ4n) is 3.30. The molecule has 6 heteroatoms. The first kappa shape index (κ1) is 23.3. The zero-order chi connectivity index (χ0) is 19.5. The molecule has 1 aromatic rings. The molecule has 25 heavy (non-hydrogen) atoms. The Bertz CT molecular complexity index is 583. The Labute approximate surface area is 155 Å². The number of hydrogen-bond acceptors (Lipinski definition) is 3. The molecular formula is C19H39O3P3. The van der Waals surface area contributed by atoms with Gasteiger partial charge in [-0.15, -0.1) is 0 Å². The Morgan fingerprint density at radius 1 is 0.800 bits per heavy atom. The van der Waals surface area contributed by atoms with Gasteiger partial charge in [-0.2, -0.15) is 0 Å². The predicted molar refractivity (Wildman–Crippen MR) is 120 cm³/mol. The maximum absolute atomic E-state index is 14.1. The molecule has 0 aromatic heterocycles. The van der Waals surface area contributed by atoms with Crippen LogP contribution in [0.2, 0.25) is 0 Å². The van der Waals surface area contributed by atoms with Crippen molar-refractivity contribution >= 4 is 21.3 Å². The molecule has 1 unspecified atom stereocenters. The van der Waals surface area contributed by atoms with Gasteiger partial charge in [-0.05, 0) is 0 Å². The van der Waals surface area contributed by atoms with E-state index in [0.29, 0.717) is 6.16 Å². The van der Waals surface area contributed by atoms with Crippen LogP contribution in [0, 0.1) is 0 Å². The molecule has 1 rings (SSSR count). The normalized spacial score (nSPS) is 18.6. The Balaban J connectivity index is 3.38. The van der Waals surface area contributed by atoms with Gasteiger partial charge in [0, 0.05) is 0 Å². The molecule has 0 spiro atoms. The minimum absolute atomic E-state index is 0.354. The van der Waals surface area contributed by atoms with Gasteiger partial charge in [-0.25, -0.2) is 0 Å². The molecule has 0 saturated carbocycles. The first-order valence-corrected chi connectivity index (χ1v) is 17.9. The van der Waals surface area contributed by atoms with Gasteiger partial charge >= 0.3 is 156 Å². The standard InChI is InChI=1S/C19H39O3P3/c1-9-25(10-2,11-3,12-4)22-23(20,21-24(5,6,7)8)18-19-16-14-13-15-17-19/h13-17H,9-12,18H2,1-8H3. The predicted octanol–water partition coefficient (Wildman–Crippen LogP) is 6.95. The monoisotopic (exact) mass is 408 g/mol. The molecule has 148 valence electrons. The van der Waals surface area contributed by atoms with E-state index in [1.54, 1.807) is 0 Å². The molecular weight excluding hydrogens is 369 g/mol. The van der Waals surface area contributed by atoms with Gasteiger partial charge in [-0.1, -0.05) is 0 Å². The molecule has 0 radical (unpaired) electrons. The van der Waals surface area contributed by atoms with E-state index in [1.807, 2.05) is 30.3 Å². The van der Waals surface area contributed by atoms with Crippen LogP contribution in [0.1, 0.15) is 33.3 Å². The van der Waals surface area contributed by atoms with Gasteiger partial charge in [0.05, 0.1) is 0 Å². The average Bonchev–Trinajstić information content (AvgIpc) is 2.52. The van der Waals surface area contributed by atoms with Crippen LogP contribution in [0.4, 0.5) is 0 Å². The minimum atomic E-state index is -3.27. The van der Waals surface area contributed by atoms with E-state index < -0.39 is 21.3 Å². The second-order valence-corrected chi connectivity index (χ2v) is 24.9. The van der Waals surface area contributed by atoms with Gasteiger partial charge < -0.3 is 0 Å². The molecule has 1 aromatic carbocycles. The van der Waals surface area contributed by atoms with Crippen molar-refractivity contribution in [1.82, 2.24) is 0 Å². The van der Waals surface area contributed by atoms with Crippen molar-refractivity contribution in [1.29, 1.82) is 0 Å². The van der Waals surface area contributed by atoms with Gasteiger partial charge in [-0.3, -0.25) is 0 Å². The third kappa shape index (κ3) is 6.41. The van der Waals surface area contributed by atoms with Crippen LogP contribution in [0.5, 0.6) is 0 Å². The number of rotatable bonds is 10. The molecule has 1 atom stereocenters. The summed E-state index contributed by atoms with van der Waals surface area (Å²) in [5.41, 5.74) is 1.02. The van der Waals surface area contributed by atoms with E-state index in [0.717, 1.165) is 30.2 Å². The molecule has 0 fully saturated rings. The van der Waals surface area contributed by atoms with Crippen LogP contribution in [-0.4, -0.2) is 51.3 Å². The summed E-state index contributed by atoms with van der Waals surface area (Å²) < 4.78 is 27.2. The molecule has 0 amide bonds. The van der Waals surface area contributed by atoms with Crippen molar-refractivity contribution in [3.63, 3.8) is 0 Å². The molecule has 0 aliphatic heterocycles. The van der Waals surface area contributed by atoms with E-state index in [2.05, 4.69) is 54.4 Å². The summed E-state index contributed by atoms with van der Waals surface area (Å²) in [4.78, 5) is 0. The van der Waals surface area contributed by atoms with Crippen LogP contribution in [-0.2, 0) is 19.3 Å². The summed E-state index contributed by atoms with van der Waals surface area (Å²) in [7, 11) is -3.27. The Morgan fingerprint density at radius 3 is 1.60 bits per heavy atom. The summed E-state index contributed by atoms with van der Waals surface area (Å²) in [5, 5.41) is 0. The average molecular weight is 408 g/mol. The van der Waals surface area contributed by atoms with Crippen molar-refractivity contribution in [3.8, 4) is 0 Å². The molecule has 0 aliphatic carbocycles. The molecule has 0 N–H and O–H groups in total. The van der Waals surface area contributed by atoms with Crippen molar-refractivity contribution in [2.24, 2.45) is 0 Å².